The number of carbonyl (C=O) groups is 2. The van der Waals surface area contributed by atoms with Gasteiger partial charge in [0, 0.05) is 23.7 Å². The van der Waals surface area contributed by atoms with E-state index in [1.807, 2.05) is 42.2 Å². The van der Waals surface area contributed by atoms with Crippen LogP contribution in [0.25, 0.3) is 0 Å². The van der Waals surface area contributed by atoms with Gasteiger partial charge in [-0.25, -0.2) is 0 Å². The highest BCUT2D eigenvalue weighted by molar-refractivity contribution is 5.92. The lowest BCUT2D eigenvalue weighted by Gasteiger charge is -2.39. The van der Waals surface area contributed by atoms with Crippen molar-refractivity contribution in [3.05, 3.63) is 30.3 Å². The van der Waals surface area contributed by atoms with Crippen LogP contribution in [0.2, 0.25) is 0 Å². The fourth-order valence-electron chi connectivity index (χ4n) is 3.79. The highest BCUT2D eigenvalue weighted by Gasteiger charge is 2.33. The Kier molecular flexibility index (Phi) is 7.21. The first kappa shape index (κ1) is 20.4. The first-order valence-corrected chi connectivity index (χ1v) is 9.73. The molecule has 5 heteroatoms. The van der Waals surface area contributed by atoms with E-state index in [2.05, 4.69) is 37.9 Å². The first-order chi connectivity index (χ1) is 12.3. The van der Waals surface area contributed by atoms with Crippen molar-refractivity contribution in [3.8, 4) is 0 Å². The molecule has 5 nitrogen and oxygen atoms in total. The smallest absolute Gasteiger partial charge is 0.240 e. The van der Waals surface area contributed by atoms with Crippen LogP contribution in [0, 0.1) is 5.92 Å². The standard InChI is InChI=1S/C21H33N3O2/c1-15(2)24(16(3)4)21(26)17(5)23-13-11-18(12-14-23)20(25)22-19-9-7-6-8-10-19/h6-10,15-18H,11-14H2,1-5H3,(H,22,25). The molecule has 0 radical (unpaired) electrons. The van der Waals surface area contributed by atoms with E-state index >= 15 is 0 Å². The second-order valence-electron chi connectivity index (χ2n) is 7.77. The van der Waals surface area contributed by atoms with Gasteiger partial charge in [-0.1, -0.05) is 18.2 Å². The monoisotopic (exact) mass is 359 g/mol. The number of piperidine rings is 1. The topological polar surface area (TPSA) is 52.7 Å². The Labute approximate surface area is 157 Å². The maximum Gasteiger partial charge on any atom is 0.240 e. The minimum Gasteiger partial charge on any atom is -0.336 e. The number of hydrogen-bond donors (Lipinski definition) is 1. The van der Waals surface area contributed by atoms with Crippen molar-refractivity contribution >= 4 is 17.5 Å². The zero-order valence-corrected chi connectivity index (χ0v) is 16.7. The summed E-state index contributed by atoms with van der Waals surface area (Å²) in [6.45, 7) is 11.8. The van der Waals surface area contributed by atoms with Crippen molar-refractivity contribution in [1.82, 2.24) is 9.80 Å². The minimum atomic E-state index is -0.141. The number of rotatable bonds is 6. The summed E-state index contributed by atoms with van der Waals surface area (Å²) in [5.74, 6) is 0.281. The molecule has 1 aromatic carbocycles. The zero-order valence-electron chi connectivity index (χ0n) is 16.7. The van der Waals surface area contributed by atoms with E-state index in [9.17, 15) is 9.59 Å². The van der Waals surface area contributed by atoms with E-state index in [4.69, 9.17) is 0 Å². The quantitative estimate of drug-likeness (QED) is 0.847. The second kappa shape index (κ2) is 9.17. The molecule has 1 heterocycles. The Morgan fingerprint density at radius 1 is 1.00 bits per heavy atom. The molecule has 0 bridgehead atoms. The van der Waals surface area contributed by atoms with E-state index in [1.54, 1.807) is 0 Å². The molecule has 0 aromatic heterocycles. The lowest BCUT2D eigenvalue weighted by atomic mass is 9.94. The summed E-state index contributed by atoms with van der Waals surface area (Å²) >= 11 is 0. The molecule has 1 fully saturated rings. The third-order valence-electron chi connectivity index (χ3n) is 5.21. The number of nitrogens with one attached hydrogen (secondary N) is 1. The number of likely N-dealkylation sites (tertiary alicyclic amines) is 1. The number of anilines is 1. The molecule has 1 N–H and O–H groups in total. The highest BCUT2D eigenvalue weighted by Crippen LogP contribution is 2.22. The Hall–Kier alpha value is -1.88. The molecule has 0 spiro atoms. The maximum atomic E-state index is 12.9. The normalized spacial score (nSPS) is 17.3. The second-order valence-corrected chi connectivity index (χ2v) is 7.77. The lowest BCUT2D eigenvalue weighted by Crippen LogP contribution is -2.53. The van der Waals surface area contributed by atoms with Gasteiger partial charge in [-0.05, 0) is 72.7 Å². The van der Waals surface area contributed by atoms with Crippen molar-refractivity contribution in [2.45, 2.75) is 65.6 Å². The van der Waals surface area contributed by atoms with Crippen molar-refractivity contribution in [2.24, 2.45) is 5.92 Å². The molecular weight excluding hydrogens is 326 g/mol. The van der Waals surface area contributed by atoms with Crippen LogP contribution < -0.4 is 5.32 Å². The molecule has 1 saturated heterocycles. The number of para-hydroxylation sites is 1. The Morgan fingerprint density at radius 3 is 2.04 bits per heavy atom. The average molecular weight is 360 g/mol. The molecule has 1 atom stereocenters. The number of amides is 2. The molecule has 1 aliphatic heterocycles. The van der Waals surface area contributed by atoms with Crippen LogP contribution in [-0.2, 0) is 9.59 Å². The molecule has 1 unspecified atom stereocenters. The molecule has 1 aromatic rings. The Balaban J connectivity index is 1.89. The zero-order chi connectivity index (χ0) is 19.3. The van der Waals surface area contributed by atoms with Crippen molar-refractivity contribution in [2.75, 3.05) is 18.4 Å². The van der Waals surface area contributed by atoms with Crippen LogP contribution in [0.1, 0.15) is 47.5 Å². The van der Waals surface area contributed by atoms with Crippen molar-refractivity contribution in [1.29, 1.82) is 0 Å². The molecule has 144 valence electrons. The predicted octanol–water partition coefficient (Wildman–Crippen LogP) is 3.37. The summed E-state index contributed by atoms with van der Waals surface area (Å²) in [5.41, 5.74) is 0.841. The summed E-state index contributed by atoms with van der Waals surface area (Å²) in [6, 6.07) is 9.82. The van der Waals surface area contributed by atoms with Gasteiger partial charge < -0.3 is 10.2 Å². The summed E-state index contributed by atoms with van der Waals surface area (Å²) in [6.07, 6.45) is 1.58. The maximum absolute atomic E-state index is 12.9. The van der Waals surface area contributed by atoms with Crippen LogP contribution in [0.4, 0.5) is 5.69 Å². The molecule has 2 amide bonds. The molecule has 1 aliphatic rings. The predicted molar refractivity (Wildman–Crippen MR) is 106 cm³/mol. The Morgan fingerprint density at radius 2 is 1.54 bits per heavy atom. The van der Waals surface area contributed by atoms with Crippen LogP contribution in [0.15, 0.2) is 30.3 Å². The van der Waals surface area contributed by atoms with Crippen molar-refractivity contribution < 1.29 is 9.59 Å². The molecule has 0 saturated carbocycles. The summed E-state index contributed by atoms with van der Waals surface area (Å²) in [5, 5.41) is 2.99. The lowest BCUT2D eigenvalue weighted by molar-refractivity contribution is -0.140. The first-order valence-electron chi connectivity index (χ1n) is 9.73. The largest absolute Gasteiger partial charge is 0.336 e. The van der Waals surface area contributed by atoms with Gasteiger partial charge in [0.1, 0.15) is 0 Å². The minimum absolute atomic E-state index is 0.0139. The number of nitrogens with zero attached hydrogens (tertiary/aromatic N) is 2. The molecular formula is C21H33N3O2. The number of benzene rings is 1. The number of carbonyl (C=O) groups excluding carboxylic acids is 2. The van der Waals surface area contributed by atoms with Crippen LogP contribution in [-0.4, -0.2) is 52.8 Å². The summed E-state index contributed by atoms with van der Waals surface area (Å²) in [7, 11) is 0. The average Bonchev–Trinajstić information content (AvgIpc) is 2.61. The number of hydrogen-bond acceptors (Lipinski definition) is 3. The van der Waals surface area contributed by atoms with E-state index in [1.165, 1.54) is 0 Å². The van der Waals surface area contributed by atoms with Gasteiger partial charge in [-0.2, -0.15) is 0 Å². The van der Waals surface area contributed by atoms with Gasteiger partial charge in [0.15, 0.2) is 0 Å². The van der Waals surface area contributed by atoms with E-state index in [0.717, 1.165) is 31.6 Å². The van der Waals surface area contributed by atoms with Crippen LogP contribution >= 0.6 is 0 Å². The van der Waals surface area contributed by atoms with E-state index in [0.29, 0.717) is 0 Å². The third kappa shape index (κ3) is 5.07. The molecule has 2 rings (SSSR count). The van der Waals surface area contributed by atoms with Gasteiger partial charge in [0.2, 0.25) is 11.8 Å². The fourth-order valence-corrected chi connectivity index (χ4v) is 3.79. The van der Waals surface area contributed by atoms with Gasteiger partial charge in [-0.15, -0.1) is 0 Å². The van der Waals surface area contributed by atoms with E-state index < -0.39 is 0 Å². The summed E-state index contributed by atoms with van der Waals surface area (Å²) < 4.78 is 0. The van der Waals surface area contributed by atoms with Crippen LogP contribution in [0.5, 0.6) is 0 Å². The van der Waals surface area contributed by atoms with Gasteiger partial charge in [0.25, 0.3) is 0 Å². The van der Waals surface area contributed by atoms with E-state index in [-0.39, 0.29) is 35.9 Å². The van der Waals surface area contributed by atoms with Gasteiger partial charge >= 0.3 is 0 Å². The molecule has 0 aliphatic carbocycles. The van der Waals surface area contributed by atoms with Crippen LogP contribution in [0.3, 0.4) is 0 Å². The Bertz CT molecular complexity index is 585. The van der Waals surface area contributed by atoms with Gasteiger partial charge in [0.05, 0.1) is 6.04 Å². The SMILES string of the molecule is CC(C(=O)N(C(C)C)C(C)C)N1CCC(C(=O)Nc2ccccc2)CC1. The van der Waals surface area contributed by atoms with Gasteiger partial charge in [-0.3, -0.25) is 14.5 Å². The summed E-state index contributed by atoms with van der Waals surface area (Å²) in [4.78, 5) is 29.5. The fraction of sp³-hybridized carbons (Fsp3) is 0.619. The highest BCUT2D eigenvalue weighted by atomic mass is 16.2. The van der Waals surface area contributed by atoms with Crippen molar-refractivity contribution in [3.63, 3.8) is 0 Å². The third-order valence-corrected chi connectivity index (χ3v) is 5.21. The molecule has 26 heavy (non-hydrogen) atoms.